The van der Waals surface area contributed by atoms with Crippen molar-refractivity contribution in [1.82, 2.24) is 15.7 Å². The molecular weight excluding hydrogens is 468 g/mol. The van der Waals surface area contributed by atoms with E-state index in [-0.39, 0.29) is 42.1 Å². The van der Waals surface area contributed by atoms with E-state index in [9.17, 15) is 35.9 Å². The minimum absolute atomic E-state index is 0.0252. The van der Waals surface area contributed by atoms with Crippen LogP contribution >= 0.6 is 0 Å². The zero-order chi connectivity index (χ0) is 24.9. The summed E-state index contributed by atoms with van der Waals surface area (Å²) in [5, 5.41) is 12.2. The lowest BCUT2D eigenvalue weighted by Gasteiger charge is -2.38. The van der Waals surface area contributed by atoms with Crippen LogP contribution in [-0.2, 0) is 21.9 Å². The van der Waals surface area contributed by atoms with Gasteiger partial charge in [0.15, 0.2) is 0 Å². The number of hydroxylamine groups is 1. The number of rotatable bonds is 3. The fourth-order valence-electron chi connectivity index (χ4n) is 4.74. The second-order valence-corrected chi connectivity index (χ2v) is 9.20. The van der Waals surface area contributed by atoms with Gasteiger partial charge < -0.3 is 10.2 Å². The molecule has 0 radical (unpaired) electrons. The van der Waals surface area contributed by atoms with E-state index in [2.05, 4.69) is 5.32 Å². The molecule has 2 amide bonds. The predicted octanol–water partition coefficient (Wildman–Crippen LogP) is 3.60. The summed E-state index contributed by atoms with van der Waals surface area (Å²) in [7, 11) is 0. The van der Waals surface area contributed by atoms with Crippen LogP contribution in [0.25, 0.3) is 5.57 Å². The summed E-state index contributed by atoms with van der Waals surface area (Å²) < 4.78 is 79.0. The van der Waals surface area contributed by atoms with Crippen LogP contribution in [0.15, 0.2) is 24.3 Å². The van der Waals surface area contributed by atoms with E-state index >= 15 is 0 Å². The third-order valence-corrected chi connectivity index (χ3v) is 6.90. The van der Waals surface area contributed by atoms with Gasteiger partial charge in [-0.25, -0.2) is 5.48 Å². The largest absolute Gasteiger partial charge is 0.416 e. The van der Waals surface area contributed by atoms with Gasteiger partial charge in [0.25, 0.3) is 0 Å². The number of piperidine rings is 1. The second kappa shape index (κ2) is 8.56. The summed E-state index contributed by atoms with van der Waals surface area (Å²) in [6, 6.07) is 0.561. The van der Waals surface area contributed by atoms with E-state index in [4.69, 9.17) is 5.21 Å². The molecule has 2 aliphatic heterocycles. The Hall–Kier alpha value is -2.60. The lowest BCUT2D eigenvalue weighted by atomic mass is 9.81. The standard InChI is InChI=1S/C22H23F6N3O3/c23-21(24,25)14-7-13(8-15(9-14)22(26,27)28)12-1-5-31(6-2-12)19(33)17-16(18(32)30-34)10-20(3-4-20)11-29-17/h1,7-9,16-17,29,34H,2-6,10-11H2,(H,30,32). The molecule has 34 heavy (non-hydrogen) atoms. The molecule has 1 spiro atoms. The van der Waals surface area contributed by atoms with Crippen molar-refractivity contribution in [1.29, 1.82) is 0 Å². The Labute approximate surface area is 190 Å². The zero-order valence-corrected chi connectivity index (χ0v) is 17.9. The van der Waals surface area contributed by atoms with E-state index in [0.29, 0.717) is 25.1 Å². The van der Waals surface area contributed by atoms with Crippen LogP contribution in [0.1, 0.15) is 42.4 Å². The summed E-state index contributed by atoms with van der Waals surface area (Å²) in [4.78, 5) is 26.7. The van der Waals surface area contributed by atoms with Crippen molar-refractivity contribution < 1.29 is 41.1 Å². The first-order valence-corrected chi connectivity index (χ1v) is 10.8. The third kappa shape index (κ3) is 4.92. The Morgan fingerprint density at radius 3 is 2.15 bits per heavy atom. The highest BCUT2D eigenvalue weighted by Crippen LogP contribution is 2.52. The van der Waals surface area contributed by atoms with Crippen LogP contribution in [0.3, 0.4) is 0 Å². The lowest BCUT2D eigenvalue weighted by Crippen LogP contribution is -2.59. The fraction of sp³-hybridized carbons (Fsp3) is 0.545. The quantitative estimate of drug-likeness (QED) is 0.343. The van der Waals surface area contributed by atoms with Gasteiger partial charge in [-0.15, -0.1) is 0 Å². The van der Waals surface area contributed by atoms with E-state index < -0.39 is 47.3 Å². The third-order valence-electron chi connectivity index (χ3n) is 6.90. The summed E-state index contributed by atoms with van der Waals surface area (Å²) in [5.41, 5.74) is -1.15. The fourth-order valence-corrected chi connectivity index (χ4v) is 4.74. The van der Waals surface area contributed by atoms with Crippen LogP contribution in [0.2, 0.25) is 0 Å². The van der Waals surface area contributed by atoms with Gasteiger partial charge in [0.1, 0.15) is 0 Å². The molecular formula is C22H23F6N3O3. The number of amides is 2. The molecule has 3 aliphatic rings. The SMILES string of the molecule is O=C(NO)C1CC2(CC2)CNC1C(=O)N1CC=C(c2cc(C(F)(F)F)cc(C(F)(F)F)c2)CC1. The minimum atomic E-state index is -4.94. The molecule has 12 heteroatoms. The first-order chi connectivity index (χ1) is 15.8. The highest BCUT2D eigenvalue weighted by Gasteiger charge is 2.52. The smallest absolute Gasteiger partial charge is 0.337 e. The first-order valence-electron chi connectivity index (χ1n) is 10.8. The Morgan fingerprint density at radius 2 is 1.68 bits per heavy atom. The molecule has 0 bridgehead atoms. The number of benzene rings is 1. The number of carbonyl (C=O) groups excluding carboxylic acids is 2. The van der Waals surface area contributed by atoms with Gasteiger partial charge in [0.2, 0.25) is 11.8 Å². The molecule has 6 nitrogen and oxygen atoms in total. The molecule has 2 heterocycles. The average Bonchev–Trinajstić information content (AvgIpc) is 3.55. The molecule has 2 fully saturated rings. The van der Waals surface area contributed by atoms with Crippen molar-refractivity contribution in [2.75, 3.05) is 19.6 Å². The van der Waals surface area contributed by atoms with Crippen LogP contribution in [0.5, 0.6) is 0 Å². The Bertz CT molecular complexity index is 984. The molecule has 0 aromatic heterocycles. The van der Waals surface area contributed by atoms with E-state index in [0.717, 1.165) is 12.8 Å². The Morgan fingerprint density at radius 1 is 1.06 bits per heavy atom. The van der Waals surface area contributed by atoms with Gasteiger partial charge in [0, 0.05) is 19.6 Å². The highest BCUT2D eigenvalue weighted by molar-refractivity contribution is 5.90. The predicted molar refractivity (Wildman–Crippen MR) is 107 cm³/mol. The van der Waals surface area contributed by atoms with Gasteiger partial charge in [-0.1, -0.05) is 6.08 Å². The van der Waals surface area contributed by atoms with E-state index in [1.165, 1.54) is 11.0 Å². The van der Waals surface area contributed by atoms with Gasteiger partial charge >= 0.3 is 12.4 Å². The maximum Gasteiger partial charge on any atom is 0.416 e. The number of nitrogens with one attached hydrogen (secondary N) is 2. The van der Waals surface area contributed by atoms with Crippen molar-refractivity contribution in [3.8, 4) is 0 Å². The number of halogens is 6. The zero-order valence-electron chi connectivity index (χ0n) is 17.9. The Kier molecular flexibility index (Phi) is 6.17. The van der Waals surface area contributed by atoms with E-state index in [1.54, 1.807) is 5.48 Å². The van der Waals surface area contributed by atoms with Gasteiger partial charge in [-0.2, -0.15) is 26.3 Å². The molecule has 186 valence electrons. The molecule has 1 aliphatic carbocycles. The number of alkyl halides is 6. The summed E-state index contributed by atoms with van der Waals surface area (Å²) in [6.45, 7) is 0.597. The number of hydrogen-bond donors (Lipinski definition) is 3. The van der Waals surface area contributed by atoms with Gasteiger partial charge in [0.05, 0.1) is 23.1 Å². The molecule has 3 N–H and O–H groups in total. The molecule has 2 atom stereocenters. The number of hydrogen-bond acceptors (Lipinski definition) is 4. The second-order valence-electron chi connectivity index (χ2n) is 9.20. The van der Waals surface area contributed by atoms with Crippen LogP contribution < -0.4 is 10.8 Å². The monoisotopic (exact) mass is 491 g/mol. The van der Waals surface area contributed by atoms with Crippen molar-refractivity contribution >= 4 is 17.4 Å². The van der Waals surface area contributed by atoms with Crippen molar-refractivity contribution in [3.63, 3.8) is 0 Å². The van der Waals surface area contributed by atoms with E-state index in [1.807, 2.05) is 0 Å². The van der Waals surface area contributed by atoms with Crippen LogP contribution in [0, 0.1) is 11.3 Å². The Balaban J connectivity index is 1.53. The molecule has 1 saturated carbocycles. The maximum atomic E-state index is 13.2. The number of carbonyl (C=O) groups is 2. The summed E-state index contributed by atoms with van der Waals surface area (Å²) in [5.74, 6) is -1.86. The summed E-state index contributed by atoms with van der Waals surface area (Å²) in [6.07, 6.45) is -6.11. The van der Waals surface area contributed by atoms with Gasteiger partial charge in [-0.05, 0) is 60.4 Å². The topological polar surface area (TPSA) is 81.7 Å². The average molecular weight is 491 g/mol. The van der Waals surface area contributed by atoms with Crippen molar-refractivity contribution in [3.05, 3.63) is 41.0 Å². The summed E-state index contributed by atoms with van der Waals surface area (Å²) >= 11 is 0. The minimum Gasteiger partial charge on any atom is -0.337 e. The molecule has 1 saturated heterocycles. The molecule has 2 unspecified atom stereocenters. The molecule has 1 aromatic carbocycles. The molecule has 1 aromatic rings. The van der Waals surface area contributed by atoms with Crippen molar-refractivity contribution in [2.45, 2.75) is 44.1 Å². The number of nitrogens with zero attached hydrogens (tertiary/aromatic N) is 1. The maximum absolute atomic E-state index is 13.2. The van der Waals surface area contributed by atoms with Crippen molar-refractivity contribution in [2.24, 2.45) is 11.3 Å². The van der Waals surface area contributed by atoms with Gasteiger partial charge in [-0.3, -0.25) is 14.8 Å². The normalized spacial score (nSPS) is 24.6. The van der Waals surface area contributed by atoms with Crippen LogP contribution in [0.4, 0.5) is 26.3 Å². The molecule has 4 rings (SSSR count). The highest BCUT2D eigenvalue weighted by atomic mass is 19.4. The first kappa shape index (κ1) is 24.5. The van der Waals surface area contributed by atoms with Crippen LogP contribution in [-0.4, -0.2) is 47.6 Å². The lowest BCUT2D eigenvalue weighted by molar-refractivity contribution is -0.144.